The zero-order valence-corrected chi connectivity index (χ0v) is 11.1. The summed E-state index contributed by atoms with van der Waals surface area (Å²) in [5, 5.41) is 13.5. The largest absolute Gasteiger partial charge is 0.493 e. The van der Waals surface area contributed by atoms with Gasteiger partial charge < -0.3 is 10.1 Å². The Balaban J connectivity index is 1.71. The number of hydrogen-bond acceptors (Lipinski definition) is 4. The van der Waals surface area contributed by atoms with Gasteiger partial charge in [0.25, 0.3) is 5.69 Å². The van der Waals surface area contributed by atoms with Gasteiger partial charge in [-0.2, -0.15) is 0 Å². The van der Waals surface area contributed by atoms with E-state index in [1.54, 1.807) is 0 Å². The molecule has 0 radical (unpaired) electrons. The average Bonchev–Trinajstić information content (AvgIpc) is 2.93. The van der Waals surface area contributed by atoms with Crippen LogP contribution in [-0.2, 0) is 13.0 Å². The summed E-state index contributed by atoms with van der Waals surface area (Å²) in [6.45, 7) is 1.14. The summed E-state index contributed by atoms with van der Waals surface area (Å²) < 4.78 is 19.2. The Morgan fingerprint density at radius 1 is 1.29 bits per heavy atom. The molecule has 2 aromatic rings. The highest BCUT2D eigenvalue weighted by atomic mass is 19.1. The highest BCUT2D eigenvalue weighted by Crippen LogP contribution is 2.26. The third-order valence-corrected chi connectivity index (χ3v) is 3.40. The van der Waals surface area contributed by atoms with Gasteiger partial charge in [0.1, 0.15) is 5.75 Å². The number of nitrogens with zero attached hydrogens (tertiary/aromatic N) is 1. The van der Waals surface area contributed by atoms with E-state index in [2.05, 4.69) is 5.32 Å². The van der Waals surface area contributed by atoms with Crippen molar-refractivity contribution >= 4 is 11.4 Å². The molecule has 0 aliphatic carbocycles. The van der Waals surface area contributed by atoms with Crippen molar-refractivity contribution in [3.63, 3.8) is 0 Å². The van der Waals surface area contributed by atoms with Crippen LogP contribution in [0.15, 0.2) is 36.4 Å². The van der Waals surface area contributed by atoms with E-state index in [4.69, 9.17) is 4.74 Å². The Bertz CT molecular complexity index is 703. The Morgan fingerprint density at radius 2 is 2.14 bits per heavy atom. The van der Waals surface area contributed by atoms with Crippen LogP contribution >= 0.6 is 0 Å². The van der Waals surface area contributed by atoms with Crippen molar-refractivity contribution in [3.05, 3.63) is 63.5 Å². The van der Waals surface area contributed by atoms with Gasteiger partial charge in [0.15, 0.2) is 5.82 Å². The number of non-ortho nitro benzene ring substituents is 1. The molecule has 0 spiro atoms. The number of nitro benzene ring substituents is 1. The van der Waals surface area contributed by atoms with E-state index in [0.29, 0.717) is 13.2 Å². The van der Waals surface area contributed by atoms with Crippen LogP contribution in [-0.4, -0.2) is 11.5 Å². The summed E-state index contributed by atoms with van der Waals surface area (Å²) in [5.74, 6) is 0.272. The molecule has 1 aliphatic heterocycles. The molecule has 0 atom stereocenters. The molecule has 1 N–H and O–H groups in total. The average molecular weight is 288 g/mol. The second kappa shape index (κ2) is 5.40. The number of ether oxygens (including phenoxy) is 1. The van der Waals surface area contributed by atoms with Crippen molar-refractivity contribution in [2.75, 3.05) is 11.9 Å². The molecule has 0 amide bonds. The van der Waals surface area contributed by atoms with Gasteiger partial charge in [0, 0.05) is 19.0 Å². The fraction of sp³-hybridized carbons (Fsp3) is 0.200. The van der Waals surface area contributed by atoms with Crippen LogP contribution in [0.2, 0.25) is 0 Å². The van der Waals surface area contributed by atoms with E-state index in [-0.39, 0.29) is 11.4 Å². The molecular formula is C15H13FN2O3. The molecule has 1 aliphatic rings. The lowest BCUT2D eigenvalue weighted by Gasteiger charge is -2.08. The molecule has 0 saturated heterocycles. The summed E-state index contributed by atoms with van der Waals surface area (Å²) in [7, 11) is 0. The molecule has 0 fully saturated rings. The first-order valence-corrected chi connectivity index (χ1v) is 6.56. The van der Waals surface area contributed by atoms with Crippen LogP contribution in [0, 0.1) is 15.9 Å². The van der Waals surface area contributed by atoms with Gasteiger partial charge in [0.05, 0.1) is 23.3 Å². The van der Waals surface area contributed by atoms with Crippen molar-refractivity contribution in [3.8, 4) is 5.75 Å². The summed E-state index contributed by atoms with van der Waals surface area (Å²) in [6, 6.07) is 9.43. The number of halogens is 1. The fourth-order valence-corrected chi connectivity index (χ4v) is 2.31. The zero-order valence-electron chi connectivity index (χ0n) is 11.1. The Morgan fingerprint density at radius 3 is 2.90 bits per heavy atom. The molecule has 2 aromatic carbocycles. The second-order valence-corrected chi connectivity index (χ2v) is 4.82. The minimum atomic E-state index is -0.631. The monoisotopic (exact) mass is 288 g/mol. The van der Waals surface area contributed by atoms with E-state index in [1.165, 1.54) is 12.1 Å². The lowest BCUT2D eigenvalue weighted by molar-refractivity contribution is -0.385. The lowest BCUT2D eigenvalue weighted by Crippen LogP contribution is -2.02. The van der Waals surface area contributed by atoms with Gasteiger partial charge >= 0.3 is 0 Å². The summed E-state index contributed by atoms with van der Waals surface area (Å²) in [4.78, 5) is 9.94. The number of fused-ring (bicyclic) bond motifs is 1. The van der Waals surface area contributed by atoms with Crippen molar-refractivity contribution in [2.45, 2.75) is 13.0 Å². The van der Waals surface area contributed by atoms with Crippen molar-refractivity contribution < 1.29 is 14.1 Å². The maximum absolute atomic E-state index is 13.7. The predicted molar refractivity (Wildman–Crippen MR) is 76.0 cm³/mol. The third kappa shape index (κ3) is 2.79. The first-order chi connectivity index (χ1) is 10.1. The van der Waals surface area contributed by atoms with Crippen LogP contribution in [0.1, 0.15) is 11.1 Å². The first-order valence-electron chi connectivity index (χ1n) is 6.56. The molecule has 0 bridgehead atoms. The molecule has 6 heteroatoms. The molecule has 108 valence electrons. The molecule has 21 heavy (non-hydrogen) atoms. The van der Waals surface area contributed by atoms with Gasteiger partial charge in [-0.25, -0.2) is 4.39 Å². The van der Waals surface area contributed by atoms with Gasteiger partial charge in [-0.15, -0.1) is 0 Å². The quantitative estimate of drug-likeness (QED) is 0.692. The highest BCUT2D eigenvalue weighted by molar-refractivity contribution is 5.51. The molecule has 0 aromatic heterocycles. The standard InChI is InChI=1S/C15H13FN2O3/c16-13-8-12(18(19)20)2-3-14(13)17-9-10-1-4-15-11(7-10)5-6-21-15/h1-4,7-8,17H,5-6,9H2. The minimum Gasteiger partial charge on any atom is -0.493 e. The molecular weight excluding hydrogens is 275 g/mol. The SMILES string of the molecule is O=[N+]([O-])c1ccc(NCc2ccc3c(c2)CCO3)c(F)c1. The van der Waals surface area contributed by atoms with Crippen molar-refractivity contribution in [2.24, 2.45) is 0 Å². The van der Waals surface area contributed by atoms with E-state index >= 15 is 0 Å². The number of nitrogens with one attached hydrogen (secondary N) is 1. The van der Waals surface area contributed by atoms with Crippen LogP contribution in [0.5, 0.6) is 5.75 Å². The number of anilines is 1. The van der Waals surface area contributed by atoms with Gasteiger partial charge in [0.2, 0.25) is 0 Å². The normalized spacial score (nSPS) is 12.6. The highest BCUT2D eigenvalue weighted by Gasteiger charge is 2.13. The first kappa shape index (κ1) is 13.4. The molecule has 0 unspecified atom stereocenters. The Hall–Kier alpha value is -2.63. The number of benzene rings is 2. The number of nitro groups is 1. The Labute approximate surface area is 120 Å². The summed E-state index contributed by atoms with van der Waals surface area (Å²) in [5.41, 5.74) is 2.15. The molecule has 3 rings (SSSR count). The topological polar surface area (TPSA) is 64.4 Å². The second-order valence-electron chi connectivity index (χ2n) is 4.82. The van der Waals surface area contributed by atoms with E-state index in [9.17, 15) is 14.5 Å². The van der Waals surface area contributed by atoms with Crippen LogP contribution in [0.4, 0.5) is 15.8 Å². The van der Waals surface area contributed by atoms with Crippen molar-refractivity contribution in [1.82, 2.24) is 0 Å². The summed E-state index contributed by atoms with van der Waals surface area (Å²) >= 11 is 0. The number of rotatable bonds is 4. The summed E-state index contributed by atoms with van der Waals surface area (Å²) in [6.07, 6.45) is 0.884. The van der Waals surface area contributed by atoms with E-state index in [1.807, 2.05) is 18.2 Å². The van der Waals surface area contributed by atoms with Crippen LogP contribution in [0.25, 0.3) is 0 Å². The van der Waals surface area contributed by atoms with E-state index < -0.39 is 10.7 Å². The molecule has 5 nitrogen and oxygen atoms in total. The zero-order chi connectivity index (χ0) is 14.8. The van der Waals surface area contributed by atoms with Gasteiger partial charge in [-0.1, -0.05) is 12.1 Å². The Kier molecular flexibility index (Phi) is 3.43. The predicted octanol–water partition coefficient (Wildman–Crippen LogP) is 3.28. The smallest absolute Gasteiger partial charge is 0.272 e. The maximum Gasteiger partial charge on any atom is 0.272 e. The number of hydrogen-bond donors (Lipinski definition) is 1. The van der Waals surface area contributed by atoms with Gasteiger partial charge in [-0.3, -0.25) is 10.1 Å². The maximum atomic E-state index is 13.7. The lowest BCUT2D eigenvalue weighted by atomic mass is 10.1. The van der Waals surface area contributed by atoms with Crippen LogP contribution < -0.4 is 10.1 Å². The molecule has 1 heterocycles. The minimum absolute atomic E-state index is 0.248. The fourth-order valence-electron chi connectivity index (χ4n) is 2.31. The van der Waals surface area contributed by atoms with Crippen molar-refractivity contribution in [1.29, 1.82) is 0 Å². The molecule has 0 saturated carbocycles. The van der Waals surface area contributed by atoms with Gasteiger partial charge in [-0.05, 0) is 23.3 Å². The van der Waals surface area contributed by atoms with Crippen LogP contribution in [0.3, 0.4) is 0 Å². The van der Waals surface area contributed by atoms with E-state index in [0.717, 1.165) is 29.4 Å². The third-order valence-electron chi connectivity index (χ3n) is 3.40.